The molecule has 2 unspecified atom stereocenters. The van der Waals surface area contributed by atoms with Gasteiger partial charge in [-0.1, -0.05) is 0 Å². The molecule has 2 fully saturated rings. The molecule has 2 saturated heterocycles. The van der Waals surface area contributed by atoms with Crippen LogP contribution in [-0.2, 0) is 9.53 Å². The first kappa shape index (κ1) is 13.7. The highest BCUT2D eigenvalue weighted by Gasteiger charge is 2.36. The summed E-state index contributed by atoms with van der Waals surface area (Å²) in [5, 5.41) is 6.23. The van der Waals surface area contributed by atoms with Crippen molar-refractivity contribution in [1.29, 1.82) is 0 Å². The lowest BCUT2D eigenvalue weighted by Gasteiger charge is -2.22. The molecule has 0 aromatic carbocycles. The minimum Gasteiger partial charge on any atom is -0.376 e. The second kappa shape index (κ2) is 5.84. The maximum atomic E-state index is 11.9. The number of hydrogen-bond donors (Lipinski definition) is 2. The van der Waals surface area contributed by atoms with Gasteiger partial charge in [-0.25, -0.2) is 0 Å². The van der Waals surface area contributed by atoms with Gasteiger partial charge in [0.15, 0.2) is 0 Å². The van der Waals surface area contributed by atoms with Crippen molar-refractivity contribution in [3.8, 4) is 0 Å². The molecular formula is C11H21ClN2O2. The summed E-state index contributed by atoms with van der Waals surface area (Å²) >= 11 is 0. The third-order valence-corrected chi connectivity index (χ3v) is 3.43. The van der Waals surface area contributed by atoms with E-state index in [9.17, 15) is 4.79 Å². The third-order valence-electron chi connectivity index (χ3n) is 3.43. The van der Waals surface area contributed by atoms with Crippen molar-refractivity contribution in [1.82, 2.24) is 10.6 Å². The Morgan fingerprint density at radius 1 is 1.62 bits per heavy atom. The molecule has 4 nitrogen and oxygen atoms in total. The molecular weight excluding hydrogens is 228 g/mol. The molecule has 0 aliphatic carbocycles. The molecule has 0 aromatic rings. The van der Waals surface area contributed by atoms with Crippen LogP contribution in [0.1, 0.15) is 26.2 Å². The minimum absolute atomic E-state index is 0. The van der Waals surface area contributed by atoms with Crippen molar-refractivity contribution < 1.29 is 9.53 Å². The highest BCUT2D eigenvalue weighted by Crippen LogP contribution is 2.24. The molecule has 5 heteroatoms. The summed E-state index contributed by atoms with van der Waals surface area (Å²) < 4.78 is 5.47. The summed E-state index contributed by atoms with van der Waals surface area (Å²) in [7, 11) is 0. The number of ether oxygens (including phenoxy) is 1. The van der Waals surface area contributed by atoms with Crippen molar-refractivity contribution in [2.24, 2.45) is 5.41 Å². The maximum absolute atomic E-state index is 11.9. The van der Waals surface area contributed by atoms with Gasteiger partial charge in [0.05, 0.1) is 11.5 Å². The number of carbonyl (C=O) groups excluding carboxylic acids is 1. The van der Waals surface area contributed by atoms with Gasteiger partial charge in [0.25, 0.3) is 0 Å². The zero-order valence-electron chi connectivity index (χ0n) is 9.75. The third kappa shape index (κ3) is 3.09. The fraction of sp³-hybridized carbons (Fsp3) is 0.909. The number of amides is 1. The van der Waals surface area contributed by atoms with Gasteiger partial charge >= 0.3 is 0 Å². The van der Waals surface area contributed by atoms with Gasteiger partial charge in [0, 0.05) is 19.7 Å². The zero-order chi connectivity index (χ0) is 10.7. The average molecular weight is 249 g/mol. The Morgan fingerprint density at radius 2 is 2.44 bits per heavy atom. The Labute approximate surface area is 103 Å². The lowest BCUT2D eigenvalue weighted by Crippen LogP contribution is -2.43. The van der Waals surface area contributed by atoms with Gasteiger partial charge in [0.1, 0.15) is 0 Å². The molecule has 2 atom stereocenters. The van der Waals surface area contributed by atoms with E-state index < -0.39 is 0 Å². The SMILES string of the molecule is CC1(C(=O)NCC2CCCO2)CCNC1.Cl. The van der Waals surface area contributed by atoms with Gasteiger partial charge in [0.2, 0.25) is 5.91 Å². The van der Waals surface area contributed by atoms with E-state index in [0.717, 1.165) is 39.0 Å². The number of carbonyl (C=O) groups is 1. The van der Waals surface area contributed by atoms with Gasteiger partial charge < -0.3 is 15.4 Å². The predicted octanol–water partition coefficient (Wildman–Crippen LogP) is 0.703. The van der Waals surface area contributed by atoms with Crippen molar-refractivity contribution >= 4 is 18.3 Å². The zero-order valence-corrected chi connectivity index (χ0v) is 10.6. The van der Waals surface area contributed by atoms with Gasteiger partial charge in [-0.05, 0) is 32.7 Å². The van der Waals surface area contributed by atoms with Crippen molar-refractivity contribution in [2.45, 2.75) is 32.3 Å². The van der Waals surface area contributed by atoms with E-state index >= 15 is 0 Å². The Bertz CT molecular complexity index is 236. The molecule has 0 radical (unpaired) electrons. The Kier molecular flexibility index (Phi) is 5.02. The number of nitrogens with one attached hydrogen (secondary N) is 2. The first-order chi connectivity index (χ1) is 7.21. The fourth-order valence-electron chi connectivity index (χ4n) is 2.24. The first-order valence-corrected chi connectivity index (χ1v) is 5.81. The molecule has 2 aliphatic rings. The lowest BCUT2D eigenvalue weighted by atomic mass is 9.89. The van der Waals surface area contributed by atoms with Crippen molar-refractivity contribution in [3.05, 3.63) is 0 Å². The maximum Gasteiger partial charge on any atom is 0.227 e. The van der Waals surface area contributed by atoms with Crippen LogP contribution in [0.5, 0.6) is 0 Å². The Balaban J connectivity index is 0.00000128. The summed E-state index contributed by atoms with van der Waals surface area (Å²) in [6, 6.07) is 0. The average Bonchev–Trinajstić information content (AvgIpc) is 2.85. The highest BCUT2D eigenvalue weighted by atomic mass is 35.5. The normalized spacial score (nSPS) is 33.4. The van der Waals surface area contributed by atoms with E-state index in [1.807, 2.05) is 6.92 Å². The molecule has 0 spiro atoms. The summed E-state index contributed by atoms with van der Waals surface area (Å²) in [5.74, 6) is 0.169. The Hall–Kier alpha value is -0.320. The topological polar surface area (TPSA) is 50.4 Å². The predicted molar refractivity (Wildman–Crippen MR) is 64.8 cm³/mol. The van der Waals surface area contributed by atoms with Crippen molar-refractivity contribution in [2.75, 3.05) is 26.2 Å². The quantitative estimate of drug-likeness (QED) is 0.773. The molecule has 0 aromatic heterocycles. The van der Waals surface area contributed by atoms with Crippen LogP contribution >= 0.6 is 12.4 Å². The first-order valence-electron chi connectivity index (χ1n) is 5.81. The van der Waals surface area contributed by atoms with E-state index in [0.29, 0.717) is 6.54 Å². The number of hydrogen-bond acceptors (Lipinski definition) is 3. The van der Waals surface area contributed by atoms with Crippen LogP contribution in [0.15, 0.2) is 0 Å². The van der Waals surface area contributed by atoms with Gasteiger partial charge in [-0.2, -0.15) is 0 Å². The Morgan fingerprint density at radius 3 is 3.00 bits per heavy atom. The van der Waals surface area contributed by atoms with E-state index in [2.05, 4.69) is 10.6 Å². The van der Waals surface area contributed by atoms with Crippen LogP contribution in [0, 0.1) is 5.41 Å². The molecule has 16 heavy (non-hydrogen) atoms. The monoisotopic (exact) mass is 248 g/mol. The smallest absolute Gasteiger partial charge is 0.227 e. The van der Waals surface area contributed by atoms with Crippen LogP contribution in [0.3, 0.4) is 0 Å². The summed E-state index contributed by atoms with van der Waals surface area (Å²) in [6.45, 7) is 5.29. The molecule has 94 valence electrons. The van der Waals surface area contributed by atoms with Gasteiger partial charge in [-0.3, -0.25) is 4.79 Å². The van der Waals surface area contributed by atoms with Crippen LogP contribution in [0.25, 0.3) is 0 Å². The van der Waals surface area contributed by atoms with E-state index in [1.54, 1.807) is 0 Å². The van der Waals surface area contributed by atoms with Crippen LogP contribution in [0.2, 0.25) is 0 Å². The molecule has 0 saturated carbocycles. The van der Waals surface area contributed by atoms with Crippen LogP contribution < -0.4 is 10.6 Å². The van der Waals surface area contributed by atoms with Crippen LogP contribution in [0.4, 0.5) is 0 Å². The summed E-state index contributed by atoms with van der Waals surface area (Å²) in [5.41, 5.74) is -0.210. The fourth-order valence-corrected chi connectivity index (χ4v) is 2.24. The van der Waals surface area contributed by atoms with E-state index in [4.69, 9.17) is 4.74 Å². The second-order valence-corrected chi connectivity index (χ2v) is 4.83. The van der Waals surface area contributed by atoms with Crippen molar-refractivity contribution in [3.63, 3.8) is 0 Å². The van der Waals surface area contributed by atoms with E-state index in [1.165, 1.54) is 0 Å². The van der Waals surface area contributed by atoms with E-state index in [-0.39, 0.29) is 29.8 Å². The number of rotatable bonds is 3. The number of halogens is 1. The molecule has 2 aliphatic heterocycles. The summed E-state index contributed by atoms with van der Waals surface area (Å²) in [4.78, 5) is 11.9. The minimum atomic E-state index is -0.210. The highest BCUT2D eigenvalue weighted by molar-refractivity contribution is 5.85. The van der Waals surface area contributed by atoms with Crippen LogP contribution in [-0.4, -0.2) is 38.3 Å². The van der Waals surface area contributed by atoms with Gasteiger partial charge in [-0.15, -0.1) is 12.4 Å². The largest absolute Gasteiger partial charge is 0.376 e. The second-order valence-electron chi connectivity index (χ2n) is 4.83. The summed E-state index contributed by atoms with van der Waals surface area (Å²) in [6.07, 6.45) is 3.38. The molecule has 2 heterocycles. The molecule has 0 bridgehead atoms. The standard InChI is InChI=1S/C11H20N2O2.ClH/c1-11(4-5-12-8-11)10(14)13-7-9-3-2-6-15-9;/h9,12H,2-8H2,1H3,(H,13,14);1H. The molecule has 1 amide bonds. The molecule has 2 N–H and O–H groups in total. The molecule has 2 rings (SSSR count). The lowest BCUT2D eigenvalue weighted by molar-refractivity contribution is -0.129.